The first-order valence-electron chi connectivity index (χ1n) is 4.15. The number of carboxylic acid groups (broad SMARTS) is 1. The fourth-order valence-corrected chi connectivity index (χ4v) is 0.581. The van der Waals surface area contributed by atoms with Crippen molar-refractivity contribution in [2.75, 3.05) is 6.61 Å². The summed E-state index contributed by atoms with van der Waals surface area (Å²) in [6.45, 7) is 1.39. The van der Waals surface area contributed by atoms with Gasteiger partial charge in [0.05, 0.1) is 18.3 Å². The lowest BCUT2D eigenvalue weighted by Crippen LogP contribution is -2.03. The van der Waals surface area contributed by atoms with E-state index in [0.29, 0.717) is 5.56 Å². The molecular formula is C10H15ClO4. The Hall–Kier alpha value is -1.10. The van der Waals surface area contributed by atoms with Crippen LogP contribution in [0.25, 0.3) is 0 Å². The first kappa shape index (κ1) is 16.3. The van der Waals surface area contributed by atoms with Crippen LogP contribution in [0.5, 0.6) is 0 Å². The predicted molar refractivity (Wildman–Crippen MR) is 59.4 cm³/mol. The van der Waals surface area contributed by atoms with Gasteiger partial charge in [0.2, 0.25) is 0 Å². The topological polar surface area (TPSA) is 77.8 Å². The first-order chi connectivity index (χ1) is 6.57. The van der Waals surface area contributed by atoms with Crippen LogP contribution in [0.3, 0.4) is 0 Å². The van der Waals surface area contributed by atoms with E-state index < -0.39 is 12.1 Å². The third-order valence-electron chi connectivity index (χ3n) is 1.28. The summed E-state index contributed by atoms with van der Waals surface area (Å²) in [5, 5.41) is 24.4. The molecule has 0 radical (unpaired) electrons. The van der Waals surface area contributed by atoms with Gasteiger partial charge >= 0.3 is 5.97 Å². The Morgan fingerprint density at radius 2 is 1.73 bits per heavy atom. The van der Waals surface area contributed by atoms with Gasteiger partial charge in [-0.15, -0.1) is 12.4 Å². The van der Waals surface area contributed by atoms with Crippen molar-refractivity contribution in [3.05, 3.63) is 35.9 Å². The molecule has 0 spiro atoms. The van der Waals surface area contributed by atoms with Crippen molar-refractivity contribution < 1.29 is 20.1 Å². The molecule has 1 aromatic rings. The monoisotopic (exact) mass is 234 g/mol. The second-order valence-corrected chi connectivity index (χ2v) is 2.70. The molecule has 86 valence electrons. The Morgan fingerprint density at radius 1 is 1.33 bits per heavy atom. The van der Waals surface area contributed by atoms with E-state index in [1.807, 2.05) is 0 Å². The molecule has 1 atom stereocenters. The van der Waals surface area contributed by atoms with Gasteiger partial charge in [0.25, 0.3) is 0 Å². The summed E-state index contributed by atoms with van der Waals surface area (Å²) < 4.78 is 0. The number of aromatic carboxylic acids is 1. The quantitative estimate of drug-likeness (QED) is 0.718. The minimum atomic E-state index is -0.879. The van der Waals surface area contributed by atoms with Crippen LogP contribution in [0.4, 0.5) is 0 Å². The van der Waals surface area contributed by atoms with Crippen molar-refractivity contribution in [1.29, 1.82) is 0 Å². The lowest BCUT2D eigenvalue weighted by atomic mass is 10.2. The molecule has 0 heterocycles. The minimum absolute atomic E-state index is 0. The van der Waals surface area contributed by atoms with Crippen molar-refractivity contribution >= 4 is 18.4 Å². The second kappa shape index (κ2) is 9.45. The second-order valence-electron chi connectivity index (χ2n) is 2.70. The average molecular weight is 235 g/mol. The van der Waals surface area contributed by atoms with E-state index >= 15 is 0 Å². The smallest absolute Gasteiger partial charge is 0.335 e. The van der Waals surface area contributed by atoms with Gasteiger partial charge < -0.3 is 15.3 Å². The Bertz CT molecular complexity index is 261. The van der Waals surface area contributed by atoms with Gasteiger partial charge in [0, 0.05) is 0 Å². The van der Waals surface area contributed by atoms with Crippen molar-refractivity contribution in [2.45, 2.75) is 13.0 Å². The number of carbonyl (C=O) groups is 1. The van der Waals surface area contributed by atoms with Gasteiger partial charge in [-0.3, -0.25) is 0 Å². The molecule has 0 fully saturated rings. The highest BCUT2D eigenvalue weighted by Gasteiger charge is 1.96. The van der Waals surface area contributed by atoms with Gasteiger partial charge in [-0.2, -0.15) is 0 Å². The zero-order chi connectivity index (χ0) is 11.0. The third kappa shape index (κ3) is 9.21. The molecule has 0 saturated heterocycles. The van der Waals surface area contributed by atoms with E-state index in [-0.39, 0.29) is 19.0 Å². The molecule has 5 heteroatoms. The Kier molecular flexibility index (Phi) is 10.3. The molecule has 0 saturated carbocycles. The average Bonchev–Trinajstić information content (AvgIpc) is 2.20. The maximum atomic E-state index is 10.2. The van der Waals surface area contributed by atoms with E-state index in [1.165, 1.54) is 6.92 Å². The first-order valence-corrected chi connectivity index (χ1v) is 4.15. The van der Waals surface area contributed by atoms with Crippen LogP contribution < -0.4 is 0 Å². The number of hydrogen-bond acceptors (Lipinski definition) is 3. The highest BCUT2D eigenvalue weighted by atomic mass is 35.5. The number of carboxylic acids is 1. The van der Waals surface area contributed by atoms with Crippen LogP contribution in [0.15, 0.2) is 30.3 Å². The number of aliphatic hydroxyl groups excluding tert-OH is 2. The molecule has 1 aromatic carbocycles. The van der Waals surface area contributed by atoms with Crippen molar-refractivity contribution in [2.24, 2.45) is 0 Å². The Morgan fingerprint density at radius 3 is 1.93 bits per heavy atom. The van der Waals surface area contributed by atoms with Crippen LogP contribution in [-0.2, 0) is 0 Å². The number of hydrogen-bond donors (Lipinski definition) is 3. The lowest BCUT2D eigenvalue weighted by molar-refractivity contribution is 0.0697. The summed E-state index contributed by atoms with van der Waals surface area (Å²) in [6, 6.07) is 8.30. The van der Waals surface area contributed by atoms with Gasteiger partial charge in [-0.25, -0.2) is 4.79 Å². The van der Waals surface area contributed by atoms with E-state index in [1.54, 1.807) is 30.3 Å². The molecule has 3 N–H and O–H groups in total. The summed E-state index contributed by atoms with van der Waals surface area (Å²) >= 11 is 0. The minimum Gasteiger partial charge on any atom is -0.478 e. The molecule has 0 aromatic heterocycles. The standard InChI is InChI=1S/C7H6O2.C3H8O2.ClH/c8-7(9)6-4-2-1-3-5-6;1-3(5)2-4;/h1-5H,(H,8,9);3-5H,2H2,1H3;1H. The SMILES string of the molecule is CC(O)CO.Cl.O=C(O)c1ccccc1. The number of rotatable bonds is 2. The predicted octanol–water partition coefficient (Wildman–Crippen LogP) is 1.17. The molecule has 0 amide bonds. The summed E-state index contributed by atoms with van der Waals surface area (Å²) in [7, 11) is 0. The highest BCUT2D eigenvalue weighted by Crippen LogP contribution is 1.96. The normalized spacial score (nSPS) is 10.3. The molecule has 4 nitrogen and oxygen atoms in total. The molecular weight excluding hydrogens is 220 g/mol. The van der Waals surface area contributed by atoms with Crippen LogP contribution in [0.2, 0.25) is 0 Å². The van der Waals surface area contributed by atoms with Crippen LogP contribution >= 0.6 is 12.4 Å². The molecule has 0 aliphatic rings. The van der Waals surface area contributed by atoms with Gasteiger partial charge in [0.1, 0.15) is 0 Å². The third-order valence-corrected chi connectivity index (χ3v) is 1.28. The van der Waals surface area contributed by atoms with E-state index in [4.69, 9.17) is 15.3 Å². The van der Waals surface area contributed by atoms with Crippen LogP contribution in [0.1, 0.15) is 17.3 Å². The maximum absolute atomic E-state index is 10.2. The molecule has 0 bridgehead atoms. The van der Waals surface area contributed by atoms with Crippen molar-refractivity contribution in [3.8, 4) is 0 Å². The van der Waals surface area contributed by atoms with Gasteiger partial charge in [-0.1, -0.05) is 18.2 Å². The van der Waals surface area contributed by atoms with Gasteiger partial charge in [-0.05, 0) is 19.1 Å². The Balaban J connectivity index is 0. The molecule has 15 heavy (non-hydrogen) atoms. The summed E-state index contributed by atoms with van der Waals surface area (Å²) in [6.07, 6.45) is -0.560. The highest BCUT2D eigenvalue weighted by molar-refractivity contribution is 5.87. The van der Waals surface area contributed by atoms with Gasteiger partial charge in [0.15, 0.2) is 0 Å². The fraction of sp³-hybridized carbons (Fsp3) is 0.300. The summed E-state index contributed by atoms with van der Waals surface area (Å²) in [4.78, 5) is 10.2. The summed E-state index contributed by atoms with van der Waals surface area (Å²) in [5.41, 5.74) is 0.331. The molecule has 0 aliphatic heterocycles. The van der Waals surface area contributed by atoms with Crippen molar-refractivity contribution in [3.63, 3.8) is 0 Å². The molecule has 1 unspecified atom stereocenters. The van der Waals surface area contributed by atoms with Crippen LogP contribution in [-0.4, -0.2) is 34.0 Å². The molecule has 1 rings (SSSR count). The van der Waals surface area contributed by atoms with E-state index in [0.717, 1.165) is 0 Å². The zero-order valence-electron chi connectivity index (χ0n) is 8.33. The fourth-order valence-electron chi connectivity index (χ4n) is 0.581. The number of halogens is 1. The number of benzene rings is 1. The van der Waals surface area contributed by atoms with E-state index in [2.05, 4.69) is 0 Å². The van der Waals surface area contributed by atoms with Crippen LogP contribution in [0, 0.1) is 0 Å². The maximum Gasteiger partial charge on any atom is 0.335 e. The van der Waals surface area contributed by atoms with E-state index in [9.17, 15) is 4.79 Å². The van der Waals surface area contributed by atoms with Crippen molar-refractivity contribution in [1.82, 2.24) is 0 Å². The lowest BCUT2D eigenvalue weighted by Gasteiger charge is -1.90. The number of aliphatic hydroxyl groups is 2. The largest absolute Gasteiger partial charge is 0.478 e. The Labute approximate surface area is 94.6 Å². The summed E-state index contributed by atoms with van der Waals surface area (Å²) in [5.74, 6) is -0.879. The zero-order valence-corrected chi connectivity index (χ0v) is 9.15. The molecule has 0 aliphatic carbocycles.